The van der Waals surface area contributed by atoms with Gasteiger partial charge in [0.2, 0.25) is 0 Å². The van der Waals surface area contributed by atoms with Gasteiger partial charge < -0.3 is 19.7 Å². The third-order valence-corrected chi connectivity index (χ3v) is 5.09. The number of fused-ring (bicyclic) bond motifs is 1. The van der Waals surface area contributed by atoms with Crippen LogP contribution in [0.5, 0.6) is 5.75 Å². The molecule has 0 radical (unpaired) electrons. The van der Waals surface area contributed by atoms with Crippen LogP contribution in [0.3, 0.4) is 0 Å². The smallest absolute Gasteiger partial charge is 0.341 e. The molecule has 0 spiro atoms. The first kappa shape index (κ1) is 19.7. The van der Waals surface area contributed by atoms with E-state index in [0.29, 0.717) is 5.75 Å². The zero-order chi connectivity index (χ0) is 20.8. The third kappa shape index (κ3) is 4.53. The van der Waals surface area contributed by atoms with Crippen molar-refractivity contribution in [3.8, 4) is 5.75 Å². The summed E-state index contributed by atoms with van der Waals surface area (Å²) in [5, 5.41) is 13.5. The first-order valence-corrected chi connectivity index (χ1v) is 9.98. The number of nitrogens with zero attached hydrogens (tertiary/aromatic N) is 1. The standard InChI is InChI=1S/C25H24N2O3/c28-24(29)18-30-23-13-7-12-22-21(23)14-16-27(22)17-15-26-25(19-8-3-1-4-9-19)20-10-5-2-6-11-20/h1-14,16,25-26H,15,17-18H2,(H,28,29). The fourth-order valence-corrected chi connectivity index (χ4v) is 3.70. The summed E-state index contributed by atoms with van der Waals surface area (Å²) in [6.07, 6.45) is 2.01. The molecule has 4 rings (SSSR count). The number of benzene rings is 3. The molecular weight excluding hydrogens is 376 g/mol. The highest BCUT2D eigenvalue weighted by molar-refractivity contribution is 5.86. The van der Waals surface area contributed by atoms with Crippen LogP contribution in [0.15, 0.2) is 91.1 Å². The van der Waals surface area contributed by atoms with Crippen LogP contribution >= 0.6 is 0 Å². The number of aliphatic carboxylic acids is 1. The highest BCUT2D eigenvalue weighted by Gasteiger charge is 2.13. The van der Waals surface area contributed by atoms with Crippen molar-refractivity contribution in [3.05, 3.63) is 102 Å². The quantitative estimate of drug-likeness (QED) is 0.435. The average molecular weight is 400 g/mol. The lowest BCUT2D eigenvalue weighted by Crippen LogP contribution is -2.26. The summed E-state index contributed by atoms with van der Waals surface area (Å²) >= 11 is 0. The average Bonchev–Trinajstić information content (AvgIpc) is 3.20. The Morgan fingerprint density at radius 2 is 1.57 bits per heavy atom. The number of carbonyl (C=O) groups is 1. The van der Waals surface area contributed by atoms with Crippen LogP contribution in [0, 0.1) is 0 Å². The summed E-state index contributed by atoms with van der Waals surface area (Å²) in [7, 11) is 0. The van der Waals surface area contributed by atoms with E-state index in [9.17, 15) is 4.79 Å². The van der Waals surface area contributed by atoms with Crippen LogP contribution < -0.4 is 10.1 Å². The van der Waals surface area contributed by atoms with Crippen molar-refractivity contribution in [2.45, 2.75) is 12.6 Å². The van der Waals surface area contributed by atoms with Crippen molar-refractivity contribution in [2.75, 3.05) is 13.2 Å². The SMILES string of the molecule is O=C(O)COc1cccc2c1ccn2CCNC(c1ccccc1)c1ccccc1. The molecule has 0 amide bonds. The van der Waals surface area contributed by atoms with Gasteiger partial charge >= 0.3 is 5.97 Å². The number of carboxylic acid groups (broad SMARTS) is 1. The maximum Gasteiger partial charge on any atom is 0.341 e. The second-order valence-corrected chi connectivity index (χ2v) is 7.09. The van der Waals surface area contributed by atoms with Crippen molar-refractivity contribution >= 4 is 16.9 Å². The van der Waals surface area contributed by atoms with E-state index >= 15 is 0 Å². The van der Waals surface area contributed by atoms with Crippen LogP contribution in [0.25, 0.3) is 10.9 Å². The molecule has 0 saturated heterocycles. The predicted octanol–water partition coefficient (Wildman–Crippen LogP) is 4.48. The van der Waals surface area contributed by atoms with Crippen LogP contribution in [-0.2, 0) is 11.3 Å². The van der Waals surface area contributed by atoms with Gasteiger partial charge in [-0.25, -0.2) is 4.79 Å². The summed E-state index contributed by atoms with van der Waals surface area (Å²) in [5.41, 5.74) is 3.48. The molecule has 0 unspecified atom stereocenters. The van der Waals surface area contributed by atoms with Crippen LogP contribution in [0.1, 0.15) is 17.2 Å². The van der Waals surface area contributed by atoms with E-state index in [1.54, 1.807) is 6.07 Å². The highest BCUT2D eigenvalue weighted by Crippen LogP contribution is 2.27. The van der Waals surface area contributed by atoms with E-state index in [0.717, 1.165) is 24.0 Å². The van der Waals surface area contributed by atoms with E-state index in [-0.39, 0.29) is 12.6 Å². The predicted molar refractivity (Wildman–Crippen MR) is 118 cm³/mol. The number of carboxylic acids is 1. The molecule has 1 aromatic heterocycles. The zero-order valence-corrected chi connectivity index (χ0v) is 16.6. The van der Waals surface area contributed by atoms with Crippen molar-refractivity contribution < 1.29 is 14.6 Å². The van der Waals surface area contributed by atoms with E-state index in [1.807, 2.05) is 36.5 Å². The van der Waals surface area contributed by atoms with Gasteiger partial charge in [0.1, 0.15) is 5.75 Å². The largest absolute Gasteiger partial charge is 0.481 e. The second-order valence-electron chi connectivity index (χ2n) is 7.09. The Balaban J connectivity index is 1.49. The molecule has 1 heterocycles. The normalized spacial score (nSPS) is 11.1. The number of hydrogen-bond donors (Lipinski definition) is 2. The molecule has 152 valence electrons. The molecule has 0 aliphatic carbocycles. The molecule has 0 aliphatic heterocycles. The first-order valence-electron chi connectivity index (χ1n) is 9.98. The molecule has 3 aromatic carbocycles. The van der Waals surface area contributed by atoms with Gasteiger partial charge in [0.25, 0.3) is 0 Å². The Hall–Kier alpha value is -3.57. The minimum Gasteiger partial charge on any atom is -0.481 e. The Bertz CT molecular complexity index is 1070. The topological polar surface area (TPSA) is 63.5 Å². The molecule has 0 aliphatic rings. The Labute approximate surface area is 175 Å². The molecule has 5 heteroatoms. The van der Waals surface area contributed by atoms with Crippen LogP contribution in [-0.4, -0.2) is 28.8 Å². The van der Waals surface area contributed by atoms with Crippen molar-refractivity contribution in [3.63, 3.8) is 0 Å². The van der Waals surface area contributed by atoms with E-state index < -0.39 is 5.97 Å². The second kappa shape index (κ2) is 9.29. The molecule has 5 nitrogen and oxygen atoms in total. The molecule has 0 fully saturated rings. The van der Waals surface area contributed by atoms with Crippen molar-refractivity contribution in [2.24, 2.45) is 0 Å². The van der Waals surface area contributed by atoms with Gasteiger partial charge in [0.05, 0.1) is 11.6 Å². The Morgan fingerprint density at radius 3 is 2.20 bits per heavy atom. The third-order valence-electron chi connectivity index (χ3n) is 5.09. The fourth-order valence-electron chi connectivity index (χ4n) is 3.70. The van der Waals surface area contributed by atoms with Crippen molar-refractivity contribution in [1.82, 2.24) is 9.88 Å². The lowest BCUT2D eigenvalue weighted by molar-refractivity contribution is -0.139. The van der Waals surface area contributed by atoms with E-state index in [1.165, 1.54) is 11.1 Å². The lowest BCUT2D eigenvalue weighted by Gasteiger charge is -2.20. The Morgan fingerprint density at radius 1 is 0.900 bits per heavy atom. The molecular formula is C25H24N2O3. The monoisotopic (exact) mass is 400 g/mol. The molecule has 0 atom stereocenters. The van der Waals surface area contributed by atoms with Crippen LogP contribution in [0.2, 0.25) is 0 Å². The molecule has 30 heavy (non-hydrogen) atoms. The van der Waals surface area contributed by atoms with Gasteiger partial charge in [-0.05, 0) is 29.3 Å². The summed E-state index contributed by atoms with van der Waals surface area (Å²) in [6, 6.07) is 28.7. The van der Waals surface area contributed by atoms with Gasteiger partial charge in [0, 0.05) is 24.7 Å². The fraction of sp³-hybridized carbons (Fsp3) is 0.160. The summed E-state index contributed by atoms with van der Waals surface area (Å²) in [5.74, 6) is -0.392. The summed E-state index contributed by atoms with van der Waals surface area (Å²) < 4.78 is 7.58. The Kier molecular flexibility index (Phi) is 6.11. The van der Waals surface area contributed by atoms with E-state index in [4.69, 9.17) is 9.84 Å². The van der Waals surface area contributed by atoms with Gasteiger partial charge in [-0.15, -0.1) is 0 Å². The lowest BCUT2D eigenvalue weighted by atomic mass is 9.99. The van der Waals surface area contributed by atoms with E-state index in [2.05, 4.69) is 58.4 Å². The zero-order valence-electron chi connectivity index (χ0n) is 16.6. The molecule has 0 saturated carbocycles. The van der Waals surface area contributed by atoms with Crippen LogP contribution in [0.4, 0.5) is 0 Å². The summed E-state index contributed by atoms with van der Waals surface area (Å²) in [6.45, 7) is 1.21. The minimum atomic E-state index is -0.983. The van der Waals surface area contributed by atoms with Gasteiger partial charge in [-0.3, -0.25) is 0 Å². The number of aromatic nitrogens is 1. The minimum absolute atomic E-state index is 0.115. The van der Waals surface area contributed by atoms with Gasteiger partial charge in [-0.2, -0.15) is 0 Å². The maximum absolute atomic E-state index is 10.8. The summed E-state index contributed by atoms with van der Waals surface area (Å²) in [4.78, 5) is 10.8. The van der Waals surface area contributed by atoms with Crippen molar-refractivity contribution in [1.29, 1.82) is 0 Å². The maximum atomic E-state index is 10.8. The highest BCUT2D eigenvalue weighted by atomic mass is 16.5. The number of nitrogens with one attached hydrogen (secondary N) is 1. The number of ether oxygens (including phenoxy) is 1. The first-order chi connectivity index (χ1) is 14.7. The van der Waals surface area contributed by atoms with Gasteiger partial charge in [0.15, 0.2) is 6.61 Å². The van der Waals surface area contributed by atoms with Gasteiger partial charge in [-0.1, -0.05) is 66.7 Å². The number of rotatable bonds is 9. The molecule has 0 bridgehead atoms. The molecule has 2 N–H and O–H groups in total. The number of hydrogen-bond acceptors (Lipinski definition) is 3. The molecule has 4 aromatic rings.